The third-order valence-corrected chi connectivity index (χ3v) is 3.96. The van der Waals surface area contributed by atoms with E-state index in [1.54, 1.807) is 0 Å². The Bertz CT molecular complexity index is 424. The molecule has 1 amide bonds. The molecule has 2 rings (SSSR count). The van der Waals surface area contributed by atoms with E-state index >= 15 is 0 Å². The van der Waals surface area contributed by atoms with Crippen molar-refractivity contribution in [2.75, 3.05) is 13.1 Å². The van der Waals surface area contributed by atoms with E-state index in [4.69, 9.17) is 0 Å². The Labute approximate surface area is 123 Å². The van der Waals surface area contributed by atoms with Gasteiger partial charge in [0.25, 0.3) is 0 Å². The van der Waals surface area contributed by atoms with Crippen LogP contribution in [0.5, 0.6) is 0 Å². The molecule has 1 heterocycles. The molecule has 20 heavy (non-hydrogen) atoms. The molecule has 0 N–H and O–H groups in total. The number of amides is 1. The van der Waals surface area contributed by atoms with Crippen LogP contribution in [0.1, 0.15) is 38.7 Å². The SMILES string of the molecule is [CH2]C(C)(C)CC(=O)N1CCC(Cc2ccccc2)CC1. The number of benzene rings is 1. The number of rotatable bonds is 4. The summed E-state index contributed by atoms with van der Waals surface area (Å²) in [6.45, 7) is 9.89. The molecule has 2 nitrogen and oxygen atoms in total. The molecule has 1 aromatic rings. The van der Waals surface area contributed by atoms with Crippen molar-refractivity contribution in [3.8, 4) is 0 Å². The summed E-state index contributed by atoms with van der Waals surface area (Å²) in [7, 11) is 0. The molecule has 0 unspecified atom stereocenters. The second-order valence-electron chi connectivity index (χ2n) is 6.85. The fourth-order valence-corrected chi connectivity index (χ4v) is 2.86. The van der Waals surface area contributed by atoms with E-state index in [9.17, 15) is 4.79 Å². The van der Waals surface area contributed by atoms with Crippen molar-refractivity contribution >= 4 is 5.91 Å². The zero-order valence-electron chi connectivity index (χ0n) is 12.8. The predicted molar refractivity (Wildman–Crippen MR) is 83.2 cm³/mol. The monoisotopic (exact) mass is 272 g/mol. The highest BCUT2D eigenvalue weighted by molar-refractivity contribution is 5.77. The lowest BCUT2D eigenvalue weighted by molar-refractivity contribution is -0.134. The van der Waals surface area contributed by atoms with Crippen molar-refractivity contribution in [3.63, 3.8) is 0 Å². The van der Waals surface area contributed by atoms with Crippen molar-refractivity contribution in [1.29, 1.82) is 0 Å². The van der Waals surface area contributed by atoms with Gasteiger partial charge in [0.05, 0.1) is 0 Å². The highest BCUT2D eigenvalue weighted by Crippen LogP contribution is 2.25. The van der Waals surface area contributed by atoms with Crippen LogP contribution in [0, 0.1) is 18.3 Å². The zero-order valence-corrected chi connectivity index (χ0v) is 12.8. The molecular weight excluding hydrogens is 246 g/mol. The van der Waals surface area contributed by atoms with Gasteiger partial charge >= 0.3 is 0 Å². The normalized spacial score (nSPS) is 17.2. The van der Waals surface area contributed by atoms with Crippen LogP contribution in [0.25, 0.3) is 0 Å². The molecule has 0 aromatic heterocycles. The van der Waals surface area contributed by atoms with Crippen molar-refractivity contribution in [3.05, 3.63) is 42.8 Å². The quantitative estimate of drug-likeness (QED) is 0.818. The maximum Gasteiger partial charge on any atom is 0.223 e. The van der Waals surface area contributed by atoms with Crippen LogP contribution in [0.2, 0.25) is 0 Å². The summed E-state index contributed by atoms with van der Waals surface area (Å²) >= 11 is 0. The fourth-order valence-electron chi connectivity index (χ4n) is 2.86. The molecule has 1 radical (unpaired) electrons. The summed E-state index contributed by atoms with van der Waals surface area (Å²) in [4.78, 5) is 14.2. The standard InChI is InChI=1S/C18H26NO/c1-18(2,3)14-17(20)19-11-9-16(10-12-19)13-15-7-5-4-6-8-15/h4-8,16H,1,9-14H2,2-3H3. The summed E-state index contributed by atoms with van der Waals surface area (Å²) in [5, 5.41) is 0. The van der Waals surface area contributed by atoms with Crippen molar-refractivity contribution in [1.82, 2.24) is 4.90 Å². The first-order chi connectivity index (χ1) is 9.44. The third kappa shape index (κ3) is 4.66. The van der Waals surface area contributed by atoms with E-state index in [1.165, 1.54) is 5.56 Å². The predicted octanol–water partition coefficient (Wildman–Crippen LogP) is 3.72. The molecule has 0 bridgehead atoms. The average Bonchev–Trinajstić information content (AvgIpc) is 2.39. The molecule has 0 aliphatic carbocycles. The summed E-state index contributed by atoms with van der Waals surface area (Å²) in [6.07, 6.45) is 3.94. The second kappa shape index (κ2) is 6.43. The Morgan fingerprint density at radius 2 is 1.85 bits per heavy atom. The molecule has 1 aliphatic heterocycles. The molecular formula is C18H26NO. The summed E-state index contributed by atoms with van der Waals surface area (Å²) in [5.41, 5.74) is 1.26. The van der Waals surface area contributed by atoms with E-state index in [0.29, 0.717) is 12.3 Å². The number of hydrogen-bond acceptors (Lipinski definition) is 1. The minimum Gasteiger partial charge on any atom is -0.343 e. The number of carbonyl (C=O) groups excluding carboxylic acids is 1. The summed E-state index contributed by atoms with van der Waals surface area (Å²) in [6, 6.07) is 10.7. The van der Waals surface area contributed by atoms with Gasteiger partial charge in [-0.1, -0.05) is 44.2 Å². The van der Waals surface area contributed by atoms with Gasteiger partial charge in [0, 0.05) is 19.5 Å². The van der Waals surface area contributed by atoms with Gasteiger partial charge in [-0.05, 0) is 43.1 Å². The largest absolute Gasteiger partial charge is 0.343 e. The van der Waals surface area contributed by atoms with E-state index in [-0.39, 0.29) is 11.3 Å². The van der Waals surface area contributed by atoms with Gasteiger partial charge in [0.15, 0.2) is 0 Å². The highest BCUT2D eigenvalue weighted by Gasteiger charge is 2.25. The number of nitrogens with zero attached hydrogens (tertiary/aromatic N) is 1. The molecule has 109 valence electrons. The van der Waals surface area contributed by atoms with Gasteiger partial charge in [-0.3, -0.25) is 4.79 Å². The number of hydrogen-bond donors (Lipinski definition) is 0. The van der Waals surface area contributed by atoms with E-state index in [1.807, 2.05) is 18.7 Å². The average molecular weight is 272 g/mol. The number of likely N-dealkylation sites (tertiary alicyclic amines) is 1. The lowest BCUT2D eigenvalue weighted by Crippen LogP contribution is -2.40. The van der Waals surface area contributed by atoms with Crippen LogP contribution in [0.15, 0.2) is 30.3 Å². The van der Waals surface area contributed by atoms with E-state index in [0.717, 1.165) is 32.4 Å². The Morgan fingerprint density at radius 1 is 1.25 bits per heavy atom. The summed E-state index contributed by atoms with van der Waals surface area (Å²) in [5.74, 6) is 0.984. The number of carbonyl (C=O) groups is 1. The maximum atomic E-state index is 12.2. The number of piperidine rings is 1. The first-order valence-corrected chi connectivity index (χ1v) is 7.61. The Kier molecular flexibility index (Phi) is 4.85. The van der Waals surface area contributed by atoms with Gasteiger partial charge in [0.1, 0.15) is 0 Å². The van der Waals surface area contributed by atoms with Crippen LogP contribution in [0.3, 0.4) is 0 Å². The lowest BCUT2D eigenvalue weighted by atomic mass is 9.88. The minimum atomic E-state index is -0.155. The zero-order chi connectivity index (χ0) is 14.6. The van der Waals surface area contributed by atoms with Crippen molar-refractivity contribution < 1.29 is 4.79 Å². The summed E-state index contributed by atoms with van der Waals surface area (Å²) < 4.78 is 0. The van der Waals surface area contributed by atoms with Gasteiger partial charge in [-0.25, -0.2) is 0 Å². The van der Waals surface area contributed by atoms with Crippen LogP contribution in [-0.4, -0.2) is 23.9 Å². The molecule has 2 heteroatoms. The Balaban J connectivity index is 1.79. The lowest BCUT2D eigenvalue weighted by Gasteiger charge is -2.33. The van der Waals surface area contributed by atoms with Gasteiger partial charge in [0.2, 0.25) is 5.91 Å². The van der Waals surface area contributed by atoms with E-state index < -0.39 is 0 Å². The first kappa shape index (κ1) is 15.1. The Hall–Kier alpha value is -1.31. The minimum absolute atomic E-state index is 0.155. The maximum absolute atomic E-state index is 12.2. The van der Waals surface area contributed by atoms with Crippen LogP contribution in [0.4, 0.5) is 0 Å². The molecule has 1 saturated heterocycles. The topological polar surface area (TPSA) is 20.3 Å². The third-order valence-electron chi connectivity index (χ3n) is 3.96. The molecule has 1 aliphatic rings. The smallest absolute Gasteiger partial charge is 0.223 e. The van der Waals surface area contributed by atoms with Crippen molar-refractivity contribution in [2.45, 2.75) is 39.5 Å². The van der Waals surface area contributed by atoms with Gasteiger partial charge < -0.3 is 4.90 Å². The molecule has 1 fully saturated rings. The van der Waals surface area contributed by atoms with Gasteiger partial charge in [-0.15, -0.1) is 0 Å². The van der Waals surface area contributed by atoms with Crippen LogP contribution >= 0.6 is 0 Å². The van der Waals surface area contributed by atoms with Crippen LogP contribution < -0.4 is 0 Å². The first-order valence-electron chi connectivity index (χ1n) is 7.61. The highest BCUT2D eigenvalue weighted by atomic mass is 16.2. The molecule has 0 spiro atoms. The molecule has 1 aromatic carbocycles. The van der Waals surface area contributed by atoms with Gasteiger partial charge in [-0.2, -0.15) is 0 Å². The Morgan fingerprint density at radius 3 is 2.40 bits per heavy atom. The van der Waals surface area contributed by atoms with Crippen molar-refractivity contribution in [2.24, 2.45) is 11.3 Å². The molecule has 0 saturated carbocycles. The molecule has 0 atom stereocenters. The fraction of sp³-hybridized carbons (Fsp3) is 0.556. The van der Waals surface area contributed by atoms with E-state index in [2.05, 4.69) is 37.3 Å². The second-order valence-corrected chi connectivity index (χ2v) is 6.85. The van der Waals surface area contributed by atoms with Crippen LogP contribution in [-0.2, 0) is 11.2 Å².